The lowest BCUT2D eigenvalue weighted by Crippen LogP contribution is -2.17. The Balaban J connectivity index is 2.03. The van der Waals surface area contributed by atoms with Gasteiger partial charge in [-0.05, 0) is 19.8 Å². The average molecular weight is 172 g/mol. The smallest absolute Gasteiger partial charge is 0.332 e. The van der Waals surface area contributed by atoms with Crippen molar-refractivity contribution in [3.63, 3.8) is 0 Å². The molecule has 1 saturated carbocycles. The molecule has 0 N–H and O–H groups in total. The molecule has 3 nitrogen and oxygen atoms in total. The van der Waals surface area contributed by atoms with Crippen molar-refractivity contribution in [2.24, 2.45) is 0 Å². The zero-order valence-electron chi connectivity index (χ0n) is 7.54. The Morgan fingerprint density at radius 3 is 2.67 bits per heavy atom. The summed E-state index contributed by atoms with van der Waals surface area (Å²) in [5.74, 6) is -0.246. The van der Waals surface area contributed by atoms with E-state index in [0.717, 1.165) is 12.8 Å². The summed E-state index contributed by atoms with van der Waals surface area (Å²) in [6, 6.07) is 0. The van der Waals surface area contributed by atoms with Gasteiger partial charge in [-0.25, -0.2) is 4.79 Å². The quantitative estimate of drug-likeness (QED) is 0.603. The minimum absolute atomic E-state index is 0.124. The Hall–Kier alpha value is -0.570. The van der Waals surface area contributed by atoms with Crippen LogP contribution in [0.1, 0.15) is 32.6 Å². The van der Waals surface area contributed by atoms with E-state index in [4.69, 9.17) is 9.47 Å². The van der Waals surface area contributed by atoms with E-state index in [1.165, 1.54) is 12.8 Å². The van der Waals surface area contributed by atoms with E-state index in [1.807, 2.05) is 0 Å². The number of carbonyl (C=O) groups is 1. The van der Waals surface area contributed by atoms with Gasteiger partial charge in [0.2, 0.25) is 0 Å². The molecule has 12 heavy (non-hydrogen) atoms. The second kappa shape index (κ2) is 5.14. The molecule has 1 aliphatic rings. The first-order chi connectivity index (χ1) is 5.83. The second-order valence-electron chi connectivity index (χ2n) is 3.02. The van der Waals surface area contributed by atoms with Crippen LogP contribution in [0.25, 0.3) is 0 Å². The molecule has 0 aromatic rings. The summed E-state index contributed by atoms with van der Waals surface area (Å²) in [5.41, 5.74) is 0. The van der Waals surface area contributed by atoms with E-state index in [9.17, 15) is 4.79 Å². The molecule has 1 rings (SSSR count). The summed E-state index contributed by atoms with van der Waals surface area (Å²) in [6.07, 6.45) is 4.95. The van der Waals surface area contributed by atoms with Crippen LogP contribution in [-0.4, -0.2) is 25.3 Å². The van der Waals surface area contributed by atoms with Gasteiger partial charge in [-0.15, -0.1) is 0 Å². The fourth-order valence-electron chi connectivity index (χ4n) is 1.44. The van der Waals surface area contributed by atoms with Crippen LogP contribution in [0.15, 0.2) is 0 Å². The van der Waals surface area contributed by atoms with E-state index in [2.05, 4.69) is 0 Å². The highest BCUT2D eigenvalue weighted by Gasteiger charge is 2.16. The summed E-state index contributed by atoms with van der Waals surface area (Å²) in [6.45, 7) is 2.36. The predicted molar refractivity (Wildman–Crippen MR) is 44.8 cm³/mol. The van der Waals surface area contributed by atoms with Gasteiger partial charge >= 0.3 is 5.97 Å². The van der Waals surface area contributed by atoms with Gasteiger partial charge in [0.25, 0.3) is 0 Å². The van der Waals surface area contributed by atoms with Gasteiger partial charge in [-0.2, -0.15) is 0 Å². The maximum absolute atomic E-state index is 10.9. The first kappa shape index (κ1) is 9.52. The van der Waals surface area contributed by atoms with E-state index in [0.29, 0.717) is 12.7 Å². The summed E-state index contributed by atoms with van der Waals surface area (Å²) < 4.78 is 10.1. The molecule has 0 heterocycles. The molecular weight excluding hydrogens is 156 g/mol. The molecule has 0 radical (unpaired) electrons. The molecule has 0 bridgehead atoms. The van der Waals surface area contributed by atoms with Gasteiger partial charge in [0.05, 0.1) is 12.7 Å². The molecule has 0 aliphatic heterocycles. The lowest BCUT2D eigenvalue weighted by atomic mass is 10.3. The molecule has 0 aromatic carbocycles. The molecular formula is C9H16O3. The fraction of sp³-hybridized carbons (Fsp3) is 0.889. The molecule has 1 fully saturated rings. The van der Waals surface area contributed by atoms with Crippen LogP contribution in [-0.2, 0) is 14.3 Å². The lowest BCUT2D eigenvalue weighted by molar-refractivity contribution is -0.150. The number of esters is 1. The van der Waals surface area contributed by atoms with Crippen LogP contribution < -0.4 is 0 Å². The molecule has 3 heteroatoms. The highest BCUT2D eigenvalue weighted by atomic mass is 16.6. The Morgan fingerprint density at radius 1 is 1.42 bits per heavy atom. The van der Waals surface area contributed by atoms with Crippen molar-refractivity contribution in [2.45, 2.75) is 38.7 Å². The Bertz CT molecular complexity index is 139. The van der Waals surface area contributed by atoms with Crippen molar-refractivity contribution < 1.29 is 14.3 Å². The maximum Gasteiger partial charge on any atom is 0.332 e. The largest absolute Gasteiger partial charge is 0.464 e. The van der Waals surface area contributed by atoms with Crippen molar-refractivity contribution in [1.29, 1.82) is 0 Å². The van der Waals surface area contributed by atoms with Gasteiger partial charge in [0.15, 0.2) is 0 Å². The average Bonchev–Trinajstić information content (AvgIpc) is 2.53. The monoisotopic (exact) mass is 172 g/mol. The molecule has 0 atom stereocenters. The molecule has 70 valence electrons. The Morgan fingerprint density at radius 2 is 2.08 bits per heavy atom. The number of rotatable bonds is 4. The van der Waals surface area contributed by atoms with Crippen molar-refractivity contribution in [2.75, 3.05) is 13.2 Å². The van der Waals surface area contributed by atoms with Crippen molar-refractivity contribution in [3.8, 4) is 0 Å². The van der Waals surface area contributed by atoms with Gasteiger partial charge < -0.3 is 9.47 Å². The van der Waals surface area contributed by atoms with Crippen molar-refractivity contribution >= 4 is 5.97 Å². The third-order valence-corrected chi connectivity index (χ3v) is 2.04. The van der Waals surface area contributed by atoms with Crippen LogP contribution in [0.5, 0.6) is 0 Å². The highest BCUT2D eigenvalue weighted by Crippen LogP contribution is 2.20. The van der Waals surface area contributed by atoms with Crippen molar-refractivity contribution in [3.05, 3.63) is 0 Å². The molecule has 1 aliphatic carbocycles. The number of hydrogen-bond acceptors (Lipinski definition) is 3. The van der Waals surface area contributed by atoms with Gasteiger partial charge in [0.1, 0.15) is 6.61 Å². The molecule has 0 aromatic heterocycles. The first-order valence-electron chi connectivity index (χ1n) is 4.60. The Kier molecular flexibility index (Phi) is 4.08. The van der Waals surface area contributed by atoms with Crippen LogP contribution in [0.3, 0.4) is 0 Å². The third kappa shape index (κ3) is 3.22. The highest BCUT2D eigenvalue weighted by molar-refractivity contribution is 5.70. The first-order valence-corrected chi connectivity index (χ1v) is 4.60. The molecule has 0 unspecified atom stereocenters. The van der Waals surface area contributed by atoms with Crippen LogP contribution in [0, 0.1) is 0 Å². The molecule has 0 spiro atoms. The summed E-state index contributed by atoms with van der Waals surface area (Å²) in [5, 5.41) is 0. The standard InChI is InChI=1S/C9H16O3/c1-2-11-9(10)7-12-8-5-3-4-6-8/h8H,2-7H2,1H3. The van der Waals surface area contributed by atoms with Crippen LogP contribution in [0.4, 0.5) is 0 Å². The SMILES string of the molecule is CCOC(=O)COC1CCCC1. The lowest BCUT2D eigenvalue weighted by Gasteiger charge is -2.09. The van der Waals surface area contributed by atoms with E-state index >= 15 is 0 Å². The summed E-state index contributed by atoms with van der Waals surface area (Å²) in [7, 11) is 0. The molecule has 0 saturated heterocycles. The molecule has 0 amide bonds. The third-order valence-electron chi connectivity index (χ3n) is 2.04. The minimum atomic E-state index is -0.246. The summed E-state index contributed by atoms with van der Waals surface area (Å²) in [4.78, 5) is 10.9. The zero-order valence-corrected chi connectivity index (χ0v) is 7.54. The van der Waals surface area contributed by atoms with Crippen molar-refractivity contribution in [1.82, 2.24) is 0 Å². The Labute approximate surface area is 73.0 Å². The van der Waals surface area contributed by atoms with E-state index < -0.39 is 0 Å². The van der Waals surface area contributed by atoms with Gasteiger partial charge in [-0.3, -0.25) is 0 Å². The van der Waals surface area contributed by atoms with Gasteiger partial charge in [-0.1, -0.05) is 12.8 Å². The van der Waals surface area contributed by atoms with Crippen LogP contribution in [0.2, 0.25) is 0 Å². The predicted octanol–water partition coefficient (Wildman–Crippen LogP) is 1.51. The number of carbonyl (C=O) groups excluding carboxylic acids is 1. The topological polar surface area (TPSA) is 35.5 Å². The zero-order chi connectivity index (χ0) is 8.81. The van der Waals surface area contributed by atoms with E-state index in [-0.39, 0.29) is 12.6 Å². The van der Waals surface area contributed by atoms with Crippen LogP contribution >= 0.6 is 0 Å². The second-order valence-corrected chi connectivity index (χ2v) is 3.02. The fourth-order valence-corrected chi connectivity index (χ4v) is 1.44. The maximum atomic E-state index is 10.9. The minimum Gasteiger partial charge on any atom is -0.464 e. The van der Waals surface area contributed by atoms with E-state index in [1.54, 1.807) is 6.92 Å². The number of hydrogen-bond donors (Lipinski definition) is 0. The normalized spacial score (nSPS) is 18.1. The number of ether oxygens (including phenoxy) is 2. The summed E-state index contributed by atoms with van der Waals surface area (Å²) >= 11 is 0. The van der Waals surface area contributed by atoms with Gasteiger partial charge in [0, 0.05) is 0 Å².